The molecule has 154 valence electrons. The number of hydrogen-bond acceptors (Lipinski definition) is 3. The summed E-state index contributed by atoms with van der Waals surface area (Å²) in [5, 5.41) is 5.74. The van der Waals surface area contributed by atoms with Crippen LogP contribution in [-0.4, -0.2) is 17.9 Å². The van der Waals surface area contributed by atoms with Gasteiger partial charge in [-0.25, -0.2) is 0 Å². The molecule has 2 N–H and O–H groups in total. The summed E-state index contributed by atoms with van der Waals surface area (Å²) in [6.07, 6.45) is 0.0122. The Morgan fingerprint density at radius 1 is 0.800 bits per heavy atom. The van der Waals surface area contributed by atoms with E-state index in [0.29, 0.717) is 28.3 Å². The predicted octanol–water partition coefficient (Wildman–Crippen LogP) is 5.60. The SMILES string of the molecule is Cc1ccc(NC(=O)c2ccccc2NC(=O)c2cccc(OC(C)C)c2)cc1C. The standard InChI is InChI=1S/C25H26N2O3/c1-16(2)30-21-9-7-8-19(15-21)24(28)27-23-11-6-5-10-22(23)25(29)26-20-13-12-17(3)18(4)14-20/h5-16H,1-4H3,(H,26,29)(H,27,28). The number of amides is 2. The topological polar surface area (TPSA) is 67.4 Å². The summed E-state index contributed by atoms with van der Waals surface area (Å²) in [5.41, 5.74) is 4.25. The van der Waals surface area contributed by atoms with Crippen LogP contribution in [0.15, 0.2) is 66.7 Å². The number of para-hydroxylation sites is 1. The molecule has 3 aromatic carbocycles. The van der Waals surface area contributed by atoms with Gasteiger partial charge in [0.05, 0.1) is 17.4 Å². The van der Waals surface area contributed by atoms with Crippen molar-refractivity contribution in [1.29, 1.82) is 0 Å². The Balaban J connectivity index is 1.78. The lowest BCUT2D eigenvalue weighted by Crippen LogP contribution is -2.18. The summed E-state index contributed by atoms with van der Waals surface area (Å²) in [5.74, 6) is 0.0279. The number of aryl methyl sites for hydroxylation is 2. The average molecular weight is 402 g/mol. The van der Waals surface area contributed by atoms with E-state index < -0.39 is 0 Å². The Hall–Kier alpha value is -3.60. The molecular formula is C25H26N2O3. The van der Waals surface area contributed by atoms with E-state index in [4.69, 9.17) is 4.74 Å². The zero-order valence-electron chi connectivity index (χ0n) is 17.7. The van der Waals surface area contributed by atoms with Gasteiger partial charge in [-0.05, 0) is 81.3 Å². The van der Waals surface area contributed by atoms with Crippen molar-refractivity contribution < 1.29 is 14.3 Å². The number of carbonyl (C=O) groups excluding carboxylic acids is 2. The molecule has 0 aliphatic heterocycles. The van der Waals surface area contributed by atoms with Crippen molar-refractivity contribution in [1.82, 2.24) is 0 Å². The monoisotopic (exact) mass is 402 g/mol. The summed E-state index contributed by atoms with van der Waals surface area (Å²) >= 11 is 0. The molecule has 0 aliphatic carbocycles. The molecule has 0 unspecified atom stereocenters. The first-order valence-corrected chi connectivity index (χ1v) is 9.89. The molecule has 3 rings (SSSR count). The van der Waals surface area contributed by atoms with Crippen LogP contribution in [0.4, 0.5) is 11.4 Å². The fourth-order valence-electron chi connectivity index (χ4n) is 2.99. The fraction of sp³-hybridized carbons (Fsp3) is 0.200. The van der Waals surface area contributed by atoms with Crippen LogP contribution in [0.1, 0.15) is 45.7 Å². The maximum absolute atomic E-state index is 12.8. The third-order valence-electron chi connectivity index (χ3n) is 4.65. The molecule has 2 amide bonds. The molecule has 5 heteroatoms. The van der Waals surface area contributed by atoms with Crippen molar-refractivity contribution in [2.45, 2.75) is 33.8 Å². The summed E-state index contributed by atoms with van der Waals surface area (Å²) in [4.78, 5) is 25.6. The van der Waals surface area contributed by atoms with Crippen molar-refractivity contribution >= 4 is 23.2 Å². The largest absolute Gasteiger partial charge is 0.491 e. The highest BCUT2D eigenvalue weighted by Crippen LogP contribution is 2.21. The molecule has 0 spiro atoms. The minimum Gasteiger partial charge on any atom is -0.491 e. The van der Waals surface area contributed by atoms with Gasteiger partial charge in [-0.3, -0.25) is 9.59 Å². The quantitative estimate of drug-likeness (QED) is 0.564. The molecule has 0 fully saturated rings. The maximum Gasteiger partial charge on any atom is 0.257 e. The molecule has 0 aromatic heterocycles. The summed E-state index contributed by atoms with van der Waals surface area (Å²) in [6, 6.07) is 19.7. The number of carbonyl (C=O) groups is 2. The second-order valence-corrected chi connectivity index (χ2v) is 7.45. The fourth-order valence-corrected chi connectivity index (χ4v) is 2.99. The molecule has 5 nitrogen and oxygen atoms in total. The van der Waals surface area contributed by atoms with Gasteiger partial charge < -0.3 is 15.4 Å². The van der Waals surface area contributed by atoms with Crippen LogP contribution < -0.4 is 15.4 Å². The molecule has 0 bridgehead atoms. The Bertz CT molecular complexity index is 1070. The van der Waals surface area contributed by atoms with Crippen LogP contribution in [0, 0.1) is 13.8 Å². The smallest absolute Gasteiger partial charge is 0.257 e. The van der Waals surface area contributed by atoms with Crippen LogP contribution >= 0.6 is 0 Å². The average Bonchev–Trinajstić information content (AvgIpc) is 2.71. The van der Waals surface area contributed by atoms with E-state index in [-0.39, 0.29) is 17.9 Å². The highest BCUT2D eigenvalue weighted by Gasteiger charge is 2.15. The van der Waals surface area contributed by atoms with Crippen LogP contribution in [0.25, 0.3) is 0 Å². The molecule has 0 saturated carbocycles. The van der Waals surface area contributed by atoms with Gasteiger partial charge in [0.2, 0.25) is 0 Å². The van der Waals surface area contributed by atoms with Gasteiger partial charge >= 0.3 is 0 Å². The number of hydrogen-bond donors (Lipinski definition) is 2. The molecule has 0 radical (unpaired) electrons. The highest BCUT2D eigenvalue weighted by molar-refractivity contribution is 6.12. The Morgan fingerprint density at radius 2 is 1.57 bits per heavy atom. The van der Waals surface area contributed by atoms with Crippen LogP contribution in [0.3, 0.4) is 0 Å². The number of rotatable bonds is 6. The van der Waals surface area contributed by atoms with Crippen molar-refractivity contribution in [3.05, 3.63) is 89.0 Å². The van der Waals surface area contributed by atoms with E-state index in [1.165, 1.54) is 0 Å². The van der Waals surface area contributed by atoms with E-state index >= 15 is 0 Å². The molecule has 0 saturated heterocycles. The molecule has 30 heavy (non-hydrogen) atoms. The molecule has 3 aromatic rings. The first kappa shape index (κ1) is 21.1. The first-order valence-electron chi connectivity index (χ1n) is 9.89. The van der Waals surface area contributed by atoms with Gasteiger partial charge in [0.1, 0.15) is 5.75 Å². The van der Waals surface area contributed by atoms with Gasteiger partial charge in [-0.15, -0.1) is 0 Å². The Morgan fingerprint density at radius 3 is 2.30 bits per heavy atom. The van der Waals surface area contributed by atoms with Crippen molar-refractivity contribution in [3.63, 3.8) is 0 Å². The number of ether oxygens (including phenoxy) is 1. The van der Waals surface area contributed by atoms with E-state index in [9.17, 15) is 9.59 Å². The second-order valence-electron chi connectivity index (χ2n) is 7.45. The van der Waals surface area contributed by atoms with Crippen molar-refractivity contribution in [2.24, 2.45) is 0 Å². The number of benzene rings is 3. The van der Waals surface area contributed by atoms with E-state index in [2.05, 4.69) is 10.6 Å². The lowest BCUT2D eigenvalue weighted by atomic mass is 10.1. The van der Waals surface area contributed by atoms with E-state index in [0.717, 1.165) is 11.1 Å². The predicted molar refractivity (Wildman–Crippen MR) is 120 cm³/mol. The lowest BCUT2D eigenvalue weighted by Gasteiger charge is -2.13. The summed E-state index contributed by atoms with van der Waals surface area (Å²) < 4.78 is 5.66. The van der Waals surface area contributed by atoms with Crippen molar-refractivity contribution in [2.75, 3.05) is 10.6 Å². The molecule has 0 aliphatic rings. The zero-order chi connectivity index (χ0) is 21.7. The minimum absolute atomic E-state index is 0.0122. The molecule has 0 atom stereocenters. The second kappa shape index (κ2) is 9.27. The third-order valence-corrected chi connectivity index (χ3v) is 4.65. The van der Waals surface area contributed by atoms with E-state index in [1.54, 1.807) is 42.5 Å². The Labute approximate surface area is 177 Å². The Kier molecular flexibility index (Phi) is 6.52. The number of anilines is 2. The van der Waals surface area contributed by atoms with Crippen LogP contribution in [-0.2, 0) is 0 Å². The minimum atomic E-state index is -0.310. The van der Waals surface area contributed by atoms with Crippen molar-refractivity contribution in [3.8, 4) is 5.75 Å². The molecule has 0 heterocycles. The zero-order valence-corrected chi connectivity index (χ0v) is 17.7. The molecular weight excluding hydrogens is 376 g/mol. The van der Waals surface area contributed by atoms with Gasteiger partial charge in [-0.1, -0.05) is 24.3 Å². The third kappa shape index (κ3) is 5.26. The van der Waals surface area contributed by atoms with Gasteiger partial charge in [0.15, 0.2) is 0 Å². The normalized spacial score (nSPS) is 10.6. The first-order chi connectivity index (χ1) is 14.3. The van der Waals surface area contributed by atoms with E-state index in [1.807, 2.05) is 52.0 Å². The highest BCUT2D eigenvalue weighted by atomic mass is 16.5. The van der Waals surface area contributed by atoms with Gasteiger partial charge in [0.25, 0.3) is 11.8 Å². The van der Waals surface area contributed by atoms with Crippen LogP contribution in [0.2, 0.25) is 0 Å². The summed E-state index contributed by atoms with van der Waals surface area (Å²) in [6.45, 7) is 7.87. The number of nitrogens with one attached hydrogen (secondary N) is 2. The van der Waals surface area contributed by atoms with Gasteiger partial charge in [-0.2, -0.15) is 0 Å². The van der Waals surface area contributed by atoms with Crippen LogP contribution in [0.5, 0.6) is 5.75 Å². The maximum atomic E-state index is 12.8. The lowest BCUT2D eigenvalue weighted by molar-refractivity contribution is 0.102. The van der Waals surface area contributed by atoms with Gasteiger partial charge in [0, 0.05) is 11.3 Å². The summed E-state index contributed by atoms with van der Waals surface area (Å²) in [7, 11) is 0.